The number of aromatic hydroxyl groups is 1. The number of hydrogen-bond donors (Lipinski definition) is 4. The predicted molar refractivity (Wildman–Crippen MR) is 51.6 cm³/mol. The second-order valence-corrected chi connectivity index (χ2v) is 2.43. The number of amides is 2. The van der Waals surface area contributed by atoms with Gasteiger partial charge in [-0.25, -0.2) is 16.1 Å². The highest BCUT2D eigenvalue weighted by atomic mass is 16.3. The van der Waals surface area contributed by atoms with E-state index >= 15 is 0 Å². The largest absolute Gasteiger partial charge is 0.508 e. The molecule has 1 aromatic carbocycles. The SMILES string of the molecule is NNC(=O)N/N=C/c1ccc(O)cc1. The van der Waals surface area contributed by atoms with E-state index in [9.17, 15) is 4.79 Å². The van der Waals surface area contributed by atoms with E-state index in [1.807, 2.05) is 5.43 Å². The summed E-state index contributed by atoms with van der Waals surface area (Å²) in [5.74, 6) is 4.98. The van der Waals surface area contributed by atoms with Crippen LogP contribution in [0.2, 0.25) is 0 Å². The molecule has 0 aromatic heterocycles. The van der Waals surface area contributed by atoms with Crippen molar-refractivity contribution in [2.45, 2.75) is 0 Å². The molecule has 0 heterocycles. The minimum Gasteiger partial charge on any atom is -0.508 e. The molecule has 0 spiro atoms. The molecule has 0 aliphatic carbocycles. The Bertz CT molecular complexity index is 334. The number of nitrogens with one attached hydrogen (secondary N) is 2. The summed E-state index contributed by atoms with van der Waals surface area (Å²) in [5.41, 5.74) is 4.73. The second kappa shape index (κ2) is 4.83. The fourth-order valence-corrected chi connectivity index (χ4v) is 0.758. The molecule has 1 aromatic rings. The van der Waals surface area contributed by atoms with Gasteiger partial charge in [-0.15, -0.1) is 0 Å². The van der Waals surface area contributed by atoms with Crippen molar-refractivity contribution in [1.29, 1.82) is 0 Å². The van der Waals surface area contributed by atoms with Gasteiger partial charge in [0.15, 0.2) is 0 Å². The van der Waals surface area contributed by atoms with E-state index < -0.39 is 6.03 Å². The first-order valence-corrected chi connectivity index (χ1v) is 3.81. The summed E-state index contributed by atoms with van der Waals surface area (Å²) in [6.45, 7) is 0. The average Bonchev–Trinajstić information content (AvgIpc) is 2.21. The highest BCUT2D eigenvalue weighted by molar-refractivity contribution is 5.81. The quantitative estimate of drug-likeness (QED) is 0.229. The number of hydrogen-bond acceptors (Lipinski definition) is 4. The van der Waals surface area contributed by atoms with Crippen LogP contribution >= 0.6 is 0 Å². The number of rotatable bonds is 2. The summed E-state index contributed by atoms with van der Waals surface area (Å²) in [6.07, 6.45) is 1.43. The number of nitrogens with two attached hydrogens (primary N) is 1. The third kappa shape index (κ3) is 3.11. The smallest absolute Gasteiger partial charge is 0.349 e. The van der Waals surface area contributed by atoms with Crippen LogP contribution in [0.25, 0.3) is 0 Å². The van der Waals surface area contributed by atoms with Gasteiger partial charge in [0.25, 0.3) is 0 Å². The van der Waals surface area contributed by atoms with Crippen LogP contribution < -0.4 is 16.7 Å². The molecule has 0 fully saturated rings. The van der Waals surface area contributed by atoms with Crippen molar-refractivity contribution in [3.63, 3.8) is 0 Å². The Morgan fingerprint density at radius 3 is 2.64 bits per heavy atom. The van der Waals surface area contributed by atoms with E-state index in [-0.39, 0.29) is 5.75 Å². The van der Waals surface area contributed by atoms with E-state index in [4.69, 9.17) is 10.9 Å². The van der Waals surface area contributed by atoms with Crippen molar-refractivity contribution < 1.29 is 9.90 Å². The van der Waals surface area contributed by atoms with Gasteiger partial charge in [-0.2, -0.15) is 5.10 Å². The van der Waals surface area contributed by atoms with Crippen molar-refractivity contribution in [3.8, 4) is 5.75 Å². The van der Waals surface area contributed by atoms with Crippen LogP contribution in [0.3, 0.4) is 0 Å². The van der Waals surface area contributed by atoms with E-state index in [1.165, 1.54) is 18.3 Å². The Morgan fingerprint density at radius 1 is 1.43 bits per heavy atom. The first kappa shape index (κ1) is 10.0. The van der Waals surface area contributed by atoms with Crippen LogP contribution in [0.4, 0.5) is 4.79 Å². The summed E-state index contributed by atoms with van der Waals surface area (Å²) in [4.78, 5) is 10.6. The number of phenols is 1. The fraction of sp³-hybridized carbons (Fsp3) is 0. The highest BCUT2D eigenvalue weighted by Crippen LogP contribution is 2.07. The van der Waals surface area contributed by atoms with E-state index in [0.29, 0.717) is 0 Å². The molecule has 0 radical (unpaired) electrons. The molecule has 0 atom stereocenters. The molecule has 14 heavy (non-hydrogen) atoms. The lowest BCUT2D eigenvalue weighted by Gasteiger charge is -1.96. The number of carbonyl (C=O) groups excluding carboxylic acids is 1. The molecule has 6 heteroatoms. The van der Waals surface area contributed by atoms with E-state index in [1.54, 1.807) is 12.1 Å². The number of phenolic OH excluding ortho intramolecular Hbond substituents is 1. The molecule has 0 bridgehead atoms. The molecule has 2 amide bonds. The van der Waals surface area contributed by atoms with Gasteiger partial charge in [-0.05, 0) is 29.8 Å². The molecule has 6 nitrogen and oxygen atoms in total. The third-order valence-electron chi connectivity index (χ3n) is 1.40. The Morgan fingerprint density at radius 2 is 2.07 bits per heavy atom. The lowest BCUT2D eigenvalue weighted by atomic mass is 10.2. The zero-order valence-corrected chi connectivity index (χ0v) is 7.27. The first-order valence-electron chi connectivity index (χ1n) is 3.81. The third-order valence-corrected chi connectivity index (χ3v) is 1.40. The predicted octanol–water partition coefficient (Wildman–Crippen LogP) is -0.101. The maximum Gasteiger partial charge on any atom is 0.349 e. The van der Waals surface area contributed by atoms with Crippen LogP contribution in [0.1, 0.15) is 5.56 Å². The summed E-state index contributed by atoms with van der Waals surface area (Å²) in [7, 11) is 0. The van der Waals surface area contributed by atoms with Crippen molar-refractivity contribution in [2.24, 2.45) is 10.9 Å². The molecule has 5 N–H and O–H groups in total. The molecule has 0 aliphatic heterocycles. The summed E-state index contributed by atoms with van der Waals surface area (Å²) in [6, 6.07) is 5.75. The van der Waals surface area contributed by atoms with Crippen LogP contribution in [-0.4, -0.2) is 17.4 Å². The first-order chi connectivity index (χ1) is 6.72. The van der Waals surface area contributed by atoms with Crippen LogP contribution in [-0.2, 0) is 0 Å². The maximum absolute atomic E-state index is 10.6. The molecule has 74 valence electrons. The van der Waals surface area contributed by atoms with Gasteiger partial charge in [-0.3, -0.25) is 5.43 Å². The van der Waals surface area contributed by atoms with Crippen LogP contribution in [0.15, 0.2) is 29.4 Å². The Hall–Kier alpha value is -2.08. The van der Waals surface area contributed by atoms with Crippen molar-refractivity contribution in [1.82, 2.24) is 10.9 Å². The van der Waals surface area contributed by atoms with Gasteiger partial charge >= 0.3 is 6.03 Å². The Balaban J connectivity index is 2.52. The lowest BCUT2D eigenvalue weighted by molar-refractivity contribution is 0.241. The molecular formula is C8H10N4O2. The monoisotopic (exact) mass is 194 g/mol. The summed E-state index contributed by atoms with van der Waals surface area (Å²) >= 11 is 0. The number of carbonyl (C=O) groups is 1. The molecule has 0 unspecified atom stereocenters. The number of hydrazine groups is 1. The summed E-state index contributed by atoms with van der Waals surface area (Å²) < 4.78 is 0. The molecular weight excluding hydrogens is 184 g/mol. The van der Waals surface area contributed by atoms with Gasteiger partial charge in [0.05, 0.1) is 6.21 Å². The van der Waals surface area contributed by atoms with Crippen LogP contribution in [0, 0.1) is 0 Å². The van der Waals surface area contributed by atoms with Crippen molar-refractivity contribution >= 4 is 12.2 Å². The van der Waals surface area contributed by atoms with Crippen molar-refractivity contribution in [3.05, 3.63) is 29.8 Å². The van der Waals surface area contributed by atoms with Crippen LogP contribution in [0.5, 0.6) is 5.75 Å². The van der Waals surface area contributed by atoms with E-state index in [2.05, 4.69) is 10.5 Å². The van der Waals surface area contributed by atoms with E-state index in [0.717, 1.165) is 5.56 Å². The van der Waals surface area contributed by atoms with Crippen molar-refractivity contribution in [2.75, 3.05) is 0 Å². The molecule has 1 rings (SSSR count). The summed E-state index contributed by atoms with van der Waals surface area (Å²) in [5, 5.41) is 12.6. The van der Waals surface area contributed by atoms with Gasteiger partial charge < -0.3 is 5.11 Å². The maximum atomic E-state index is 10.6. The Kier molecular flexibility index (Phi) is 3.45. The normalized spacial score (nSPS) is 10.1. The van der Waals surface area contributed by atoms with Gasteiger partial charge in [-0.1, -0.05) is 0 Å². The standard InChI is InChI=1S/C8H10N4O2/c9-11-8(14)12-10-5-6-1-3-7(13)4-2-6/h1-5,13H,9H2,(H2,11,12,14)/b10-5+. The number of nitrogens with zero attached hydrogens (tertiary/aromatic N) is 1. The number of benzene rings is 1. The van der Waals surface area contributed by atoms with Gasteiger partial charge in [0.2, 0.25) is 0 Å². The number of hydrazone groups is 1. The minimum atomic E-state index is -0.597. The highest BCUT2D eigenvalue weighted by Gasteiger charge is 1.91. The number of urea groups is 1. The van der Waals surface area contributed by atoms with Gasteiger partial charge in [0.1, 0.15) is 5.75 Å². The molecule has 0 saturated heterocycles. The minimum absolute atomic E-state index is 0.176. The Labute approximate surface area is 80.4 Å². The molecule has 0 aliphatic rings. The second-order valence-electron chi connectivity index (χ2n) is 2.43. The topological polar surface area (TPSA) is 99.7 Å². The fourth-order valence-electron chi connectivity index (χ4n) is 0.758. The molecule has 0 saturated carbocycles. The van der Waals surface area contributed by atoms with Gasteiger partial charge in [0, 0.05) is 0 Å². The average molecular weight is 194 g/mol. The lowest BCUT2D eigenvalue weighted by Crippen LogP contribution is -2.37. The zero-order valence-electron chi connectivity index (χ0n) is 7.27. The zero-order chi connectivity index (χ0) is 10.4.